The van der Waals surface area contributed by atoms with Gasteiger partial charge in [-0.15, -0.1) is 0 Å². The number of anilines is 1. The highest BCUT2D eigenvalue weighted by molar-refractivity contribution is 6.31. The van der Waals surface area contributed by atoms with Gasteiger partial charge in [0.15, 0.2) is 0 Å². The molecule has 0 fully saturated rings. The third-order valence-electron chi connectivity index (χ3n) is 3.76. The van der Waals surface area contributed by atoms with Gasteiger partial charge in [-0.3, -0.25) is 9.59 Å². The molecular weight excluding hydrogens is 352 g/mol. The van der Waals surface area contributed by atoms with Crippen LogP contribution in [0.3, 0.4) is 0 Å². The number of benzene rings is 2. The van der Waals surface area contributed by atoms with Gasteiger partial charge >= 0.3 is 0 Å². The van der Waals surface area contributed by atoms with Crippen LogP contribution in [0.4, 0.5) is 5.69 Å². The third-order valence-corrected chi connectivity index (χ3v) is 4.13. The van der Waals surface area contributed by atoms with Crippen molar-refractivity contribution in [3.63, 3.8) is 0 Å². The van der Waals surface area contributed by atoms with Gasteiger partial charge in [-0.05, 0) is 35.9 Å². The Labute approximate surface area is 156 Å². The predicted octanol–water partition coefficient (Wildman–Crippen LogP) is 4.04. The minimum absolute atomic E-state index is 0.127. The van der Waals surface area contributed by atoms with E-state index < -0.39 is 0 Å². The molecule has 2 N–H and O–H groups in total. The number of hydrogen-bond donors (Lipinski definition) is 2. The lowest BCUT2D eigenvalue weighted by molar-refractivity contribution is -0.115. The Hall–Kier alpha value is -3.05. The van der Waals surface area contributed by atoms with Gasteiger partial charge in [0.05, 0.1) is 30.5 Å². The van der Waals surface area contributed by atoms with Gasteiger partial charge in [-0.1, -0.05) is 41.9 Å². The lowest BCUT2D eigenvalue weighted by Crippen LogP contribution is -2.25. The van der Waals surface area contributed by atoms with Crippen LogP contribution in [0.1, 0.15) is 21.7 Å². The number of para-hydroxylation sites is 1. The molecule has 0 spiro atoms. The summed E-state index contributed by atoms with van der Waals surface area (Å²) >= 11 is 6.09. The normalized spacial score (nSPS) is 10.3. The van der Waals surface area contributed by atoms with Gasteiger partial charge < -0.3 is 15.1 Å². The van der Waals surface area contributed by atoms with E-state index in [1.807, 2.05) is 12.1 Å². The Morgan fingerprint density at radius 1 is 0.962 bits per heavy atom. The molecule has 0 radical (unpaired) electrons. The highest BCUT2D eigenvalue weighted by Crippen LogP contribution is 2.18. The number of rotatable bonds is 6. The summed E-state index contributed by atoms with van der Waals surface area (Å²) in [5.74, 6) is 0.109. The van der Waals surface area contributed by atoms with E-state index in [0.29, 0.717) is 22.0 Å². The van der Waals surface area contributed by atoms with Gasteiger partial charge in [-0.2, -0.15) is 0 Å². The van der Waals surface area contributed by atoms with Crippen molar-refractivity contribution in [3.8, 4) is 0 Å². The molecule has 0 saturated carbocycles. The van der Waals surface area contributed by atoms with Crippen LogP contribution in [0.15, 0.2) is 71.3 Å². The van der Waals surface area contributed by atoms with E-state index >= 15 is 0 Å². The van der Waals surface area contributed by atoms with Crippen molar-refractivity contribution in [2.24, 2.45) is 0 Å². The van der Waals surface area contributed by atoms with Gasteiger partial charge in [0.1, 0.15) is 5.76 Å². The van der Waals surface area contributed by atoms with Gasteiger partial charge in [-0.25, -0.2) is 0 Å². The molecule has 2 aromatic carbocycles. The second-order valence-corrected chi connectivity index (χ2v) is 6.03. The number of nitrogens with one attached hydrogen (secondary N) is 2. The van der Waals surface area contributed by atoms with Crippen molar-refractivity contribution in [2.75, 3.05) is 5.32 Å². The zero-order valence-corrected chi connectivity index (χ0v) is 14.6. The SMILES string of the molecule is O=C(Cc1ccccc1Cl)Nc1ccccc1C(=O)NCc1ccco1. The molecule has 0 saturated heterocycles. The second kappa shape index (κ2) is 8.36. The fourth-order valence-corrected chi connectivity index (χ4v) is 2.68. The highest BCUT2D eigenvalue weighted by atomic mass is 35.5. The van der Waals surface area contributed by atoms with Crippen molar-refractivity contribution >= 4 is 29.1 Å². The summed E-state index contributed by atoms with van der Waals surface area (Å²) in [6.45, 7) is 0.272. The summed E-state index contributed by atoms with van der Waals surface area (Å²) in [6.07, 6.45) is 1.67. The average Bonchev–Trinajstić information content (AvgIpc) is 3.16. The maximum atomic E-state index is 12.4. The van der Waals surface area contributed by atoms with Crippen LogP contribution >= 0.6 is 11.6 Å². The molecule has 2 amide bonds. The molecule has 0 unspecified atom stereocenters. The molecule has 1 heterocycles. The Morgan fingerprint density at radius 2 is 1.73 bits per heavy atom. The summed E-state index contributed by atoms with van der Waals surface area (Å²) in [7, 11) is 0. The summed E-state index contributed by atoms with van der Waals surface area (Å²) in [5, 5.41) is 6.08. The van der Waals surface area contributed by atoms with E-state index in [2.05, 4.69) is 10.6 Å². The third kappa shape index (κ3) is 4.52. The van der Waals surface area contributed by atoms with Crippen molar-refractivity contribution in [1.82, 2.24) is 5.32 Å². The fraction of sp³-hybridized carbons (Fsp3) is 0.100. The average molecular weight is 369 g/mol. The first-order valence-corrected chi connectivity index (χ1v) is 8.44. The quantitative estimate of drug-likeness (QED) is 0.689. The number of carbonyl (C=O) groups is 2. The monoisotopic (exact) mass is 368 g/mol. The lowest BCUT2D eigenvalue weighted by atomic mass is 10.1. The number of furan rings is 1. The smallest absolute Gasteiger partial charge is 0.253 e. The number of halogens is 1. The maximum absolute atomic E-state index is 12.4. The van der Waals surface area contributed by atoms with Crippen molar-refractivity contribution in [2.45, 2.75) is 13.0 Å². The van der Waals surface area contributed by atoms with E-state index in [0.717, 1.165) is 5.56 Å². The van der Waals surface area contributed by atoms with Crippen molar-refractivity contribution in [1.29, 1.82) is 0 Å². The molecule has 6 heteroatoms. The van der Waals surface area contributed by atoms with Crippen molar-refractivity contribution < 1.29 is 14.0 Å². The van der Waals surface area contributed by atoms with Crippen LogP contribution in [0.2, 0.25) is 5.02 Å². The van der Waals surface area contributed by atoms with Crippen LogP contribution in [-0.2, 0) is 17.8 Å². The van der Waals surface area contributed by atoms with Crippen molar-refractivity contribution in [3.05, 3.63) is 88.8 Å². The molecule has 3 rings (SSSR count). The molecule has 0 aliphatic heterocycles. The van der Waals surface area contributed by atoms with E-state index in [9.17, 15) is 9.59 Å². The van der Waals surface area contributed by atoms with Crippen LogP contribution in [0.25, 0.3) is 0 Å². The maximum Gasteiger partial charge on any atom is 0.253 e. The van der Waals surface area contributed by atoms with E-state index in [4.69, 9.17) is 16.0 Å². The van der Waals surface area contributed by atoms with Gasteiger partial charge in [0.2, 0.25) is 5.91 Å². The van der Waals surface area contributed by atoms with Crippen LogP contribution in [0.5, 0.6) is 0 Å². The minimum atomic E-state index is -0.296. The van der Waals surface area contributed by atoms with Gasteiger partial charge in [0.25, 0.3) is 5.91 Å². The summed E-state index contributed by atoms with van der Waals surface area (Å²) < 4.78 is 5.20. The molecule has 5 nitrogen and oxygen atoms in total. The number of hydrogen-bond acceptors (Lipinski definition) is 3. The molecule has 3 aromatic rings. The van der Waals surface area contributed by atoms with Crippen LogP contribution in [0, 0.1) is 0 Å². The Balaban J connectivity index is 1.67. The Kier molecular flexibility index (Phi) is 5.71. The topological polar surface area (TPSA) is 71.3 Å². The largest absolute Gasteiger partial charge is 0.467 e. The molecule has 0 bridgehead atoms. The first-order chi connectivity index (χ1) is 12.6. The highest BCUT2D eigenvalue weighted by Gasteiger charge is 2.14. The summed E-state index contributed by atoms with van der Waals surface area (Å²) in [5.41, 5.74) is 1.56. The molecule has 132 valence electrons. The predicted molar refractivity (Wildman–Crippen MR) is 100 cm³/mol. The molecule has 26 heavy (non-hydrogen) atoms. The zero-order valence-electron chi connectivity index (χ0n) is 13.9. The molecule has 0 aliphatic carbocycles. The van der Waals surface area contributed by atoms with Crippen LogP contribution in [-0.4, -0.2) is 11.8 Å². The van der Waals surface area contributed by atoms with Crippen LogP contribution < -0.4 is 10.6 Å². The molecule has 0 atom stereocenters. The first kappa shape index (κ1) is 17.8. The summed E-state index contributed by atoms with van der Waals surface area (Å²) in [6, 6.07) is 17.5. The molecule has 1 aromatic heterocycles. The standard InChI is InChI=1S/C20H17ClN2O3/c21-17-9-3-1-6-14(17)12-19(24)23-18-10-4-2-8-16(18)20(25)22-13-15-7-5-11-26-15/h1-11H,12-13H2,(H,22,25)(H,23,24). The summed E-state index contributed by atoms with van der Waals surface area (Å²) in [4.78, 5) is 24.8. The Morgan fingerprint density at radius 3 is 2.50 bits per heavy atom. The lowest BCUT2D eigenvalue weighted by Gasteiger charge is -2.11. The molecule has 0 aliphatic rings. The first-order valence-electron chi connectivity index (χ1n) is 8.06. The van der Waals surface area contributed by atoms with Gasteiger partial charge in [0, 0.05) is 5.02 Å². The number of carbonyl (C=O) groups excluding carboxylic acids is 2. The van der Waals surface area contributed by atoms with E-state index in [-0.39, 0.29) is 24.8 Å². The zero-order chi connectivity index (χ0) is 18.4. The van der Waals surface area contributed by atoms with E-state index in [1.54, 1.807) is 54.8 Å². The number of amides is 2. The fourth-order valence-electron chi connectivity index (χ4n) is 2.48. The second-order valence-electron chi connectivity index (χ2n) is 5.62. The van der Waals surface area contributed by atoms with E-state index in [1.165, 1.54) is 0 Å². The minimum Gasteiger partial charge on any atom is -0.467 e. The Bertz CT molecular complexity index is 907. The molecular formula is C20H17ClN2O3.